The molecular weight excluding hydrogens is 540 g/mol. The quantitative estimate of drug-likeness (QED) is 0.179. The van der Waals surface area contributed by atoms with Gasteiger partial charge in [-0.15, -0.1) is 18.2 Å². The van der Waals surface area contributed by atoms with Crippen LogP contribution in [-0.4, -0.2) is 33.6 Å². The number of hydrogen-bond donors (Lipinski definition) is 1. The number of likely N-dealkylation sites (tertiary alicyclic amines) is 1. The summed E-state index contributed by atoms with van der Waals surface area (Å²) >= 11 is 1.64. The van der Waals surface area contributed by atoms with Crippen LogP contribution in [0.4, 0.5) is 0 Å². The van der Waals surface area contributed by atoms with E-state index in [1.165, 1.54) is 0 Å². The van der Waals surface area contributed by atoms with Crippen LogP contribution in [0.2, 0.25) is 0 Å². The first kappa shape index (κ1) is 29.2. The van der Waals surface area contributed by atoms with E-state index in [4.69, 9.17) is 16.6 Å². The van der Waals surface area contributed by atoms with Gasteiger partial charge in [0.15, 0.2) is 0 Å². The second kappa shape index (κ2) is 12.3. The maximum absolute atomic E-state index is 13.8. The van der Waals surface area contributed by atoms with Crippen LogP contribution in [0, 0.1) is 23.7 Å². The Morgan fingerprint density at radius 3 is 2.67 bits per heavy atom. The average Bonchev–Trinajstić information content (AvgIpc) is 3.67. The predicted octanol–water partition coefficient (Wildman–Crippen LogP) is 7.04. The van der Waals surface area contributed by atoms with E-state index in [1.54, 1.807) is 28.9 Å². The first-order chi connectivity index (χ1) is 20.2. The van der Waals surface area contributed by atoms with Gasteiger partial charge in [0, 0.05) is 33.4 Å². The van der Waals surface area contributed by atoms with E-state index < -0.39 is 5.54 Å². The molecule has 3 aromatic carbocycles. The van der Waals surface area contributed by atoms with Crippen molar-refractivity contribution in [1.29, 1.82) is 5.26 Å². The lowest BCUT2D eigenvalue weighted by Crippen LogP contribution is -2.35. The molecule has 1 amide bonds. The summed E-state index contributed by atoms with van der Waals surface area (Å²) in [6, 6.07) is 23.5. The van der Waals surface area contributed by atoms with Gasteiger partial charge in [-0.25, -0.2) is 4.98 Å². The molecule has 5 rings (SSSR count). The maximum atomic E-state index is 13.8. The minimum atomic E-state index is -0.797. The molecule has 1 aliphatic heterocycles. The van der Waals surface area contributed by atoms with Crippen molar-refractivity contribution in [2.24, 2.45) is 5.73 Å². The number of thioether (sulfide) groups is 1. The number of amides is 1. The number of nitriles is 1. The van der Waals surface area contributed by atoms with E-state index in [2.05, 4.69) is 30.8 Å². The predicted molar refractivity (Wildman–Crippen MR) is 168 cm³/mol. The molecule has 0 unspecified atom stereocenters. The van der Waals surface area contributed by atoms with Crippen molar-refractivity contribution in [3.05, 3.63) is 95.4 Å². The third-order valence-electron chi connectivity index (χ3n) is 7.43. The molecule has 4 aromatic rings. The first-order valence-electron chi connectivity index (χ1n) is 14.1. The van der Waals surface area contributed by atoms with Crippen molar-refractivity contribution in [2.75, 3.05) is 6.54 Å². The number of rotatable bonds is 8. The summed E-state index contributed by atoms with van der Waals surface area (Å²) < 4.78 is 6.27. The van der Waals surface area contributed by atoms with E-state index in [1.807, 2.05) is 67.6 Å². The average molecular weight is 575 g/mol. The highest BCUT2D eigenvalue weighted by Crippen LogP contribution is 2.37. The topological polar surface area (TPSA) is 96.2 Å². The number of carbonyl (C=O) groups excluding carboxylic acids is 1. The highest BCUT2D eigenvalue weighted by Gasteiger charge is 2.30. The van der Waals surface area contributed by atoms with Gasteiger partial charge in [-0.1, -0.05) is 62.2 Å². The second-order valence-corrected chi connectivity index (χ2v) is 12.8. The second-order valence-electron chi connectivity index (χ2n) is 11.2. The summed E-state index contributed by atoms with van der Waals surface area (Å²) in [5.41, 5.74) is 10.1. The molecule has 1 fully saturated rings. The minimum Gasteiger partial charge on any atom is -0.439 e. The number of oxazole rings is 1. The summed E-state index contributed by atoms with van der Waals surface area (Å²) in [6.45, 7) is 6.71. The number of nitrogens with zero attached hydrogens (tertiary/aromatic N) is 3. The third kappa shape index (κ3) is 6.14. The molecule has 2 heterocycles. The van der Waals surface area contributed by atoms with Crippen LogP contribution in [0.5, 0.6) is 0 Å². The highest BCUT2D eigenvalue weighted by molar-refractivity contribution is 8.00. The van der Waals surface area contributed by atoms with Gasteiger partial charge < -0.3 is 15.1 Å². The molecule has 1 aromatic heterocycles. The molecule has 2 N–H and O–H groups in total. The number of nitrogens with two attached hydrogens (primary N) is 1. The van der Waals surface area contributed by atoms with Gasteiger partial charge in [-0.2, -0.15) is 5.26 Å². The number of benzene rings is 3. The fraction of sp³-hybridized carbons (Fsp3) is 0.286. The van der Waals surface area contributed by atoms with Crippen molar-refractivity contribution < 1.29 is 9.21 Å². The maximum Gasteiger partial charge on any atom is 0.254 e. The molecule has 212 valence electrons. The third-order valence-corrected chi connectivity index (χ3v) is 8.49. The Kier molecular flexibility index (Phi) is 8.54. The summed E-state index contributed by atoms with van der Waals surface area (Å²) in [7, 11) is 0. The van der Waals surface area contributed by atoms with Gasteiger partial charge in [0.1, 0.15) is 11.8 Å². The Morgan fingerprint density at radius 1 is 1.19 bits per heavy atom. The summed E-state index contributed by atoms with van der Waals surface area (Å²) in [4.78, 5) is 21.0. The fourth-order valence-electron chi connectivity index (χ4n) is 5.40. The Bertz CT molecular complexity index is 1680. The van der Waals surface area contributed by atoms with Crippen LogP contribution in [0.25, 0.3) is 22.6 Å². The van der Waals surface area contributed by atoms with Crippen LogP contribution in [-0.2, 0) is 12.0 Å². The number of carbonyl (C=O) groups is 1. The van der Waals surface area contributed by atoms with Gasteiger partial charge in [0.25, 0.3) is 5.91 Å². The first-order valence-corrected chi connectivity index (χ1v) is 15.0. The normalized spacial score (nSPS) is 16.2. The van der Waals surface area contributed by atoms with Crippen LogP contribution in [0.15, 0.2) is 82.2 Å². The van der Waals surface area contributed by atoms with E-state index >= 15 is 0 Å². The van der Waals surface area contributed by atoms with Crippen molar-refractivity contribution in [3.8, 4) is 41.0 Å². The lowest BCUT2D eigenvalue weighted by atomic mass is 9.92. The molecule has 42 heavy (non-hydrogen) atoms. The van der Waals surface area contributed by atoms with Gasteiger partial charge >= 0.3 is 0 Å². The van der Waals surface area contributed by atoms with Gasteiger partial charge in [0.05, 0.1) is 23.3 Å². The lowest BCUT2D eigenvalue weighted by molar-refractivity contribution is 0.0766. The standard InChI is InChI=1S/C35H34N4O2S/c1-5-28-13-10-16-39(28)34(40)27-18-25(29-14-9-15-31(30(29)21-36)42-23(2)3)17-26(19-27)33-38-22-32(41-33)35(4,37)20-24-11-7-6-8-12-24/h1,6-9,11-12,14-15,17-19,22-23,28H,10,13,16,20,37H2,2-4H3/t28-,35+/m0/s1. The molecule has 2 atom stereocenters. The summed E-state index contributed by atoms with van der Waals surface area (Å²) in [6.07, 6.45) is 9.62. The Balaban J connectivity index is 1.60. The molecule has 0 bridgehead atoms. The lowest BCUT2D eigenvalue weighted by Gasteiger charge is -2.22. The zero-order chi connectivity index (χ0) is 29.9. The molecule has 1 aliphatic rings. The zero-order valence-electron chi connectivity index (χ0n) is 24.1. The van der Waals surface area contributed by atoms with E-state index in [9.17, 15) is 10.1 Å². The Labute approximate surface area is 251 Å². The van der Waals surface area contributed by atoms with Crippen molar-refractivity contribution in [3.63, 3.8) is 0 Å². The fourth-order valence-corrected chi connectivity index (χ4v) is 6.34. The molecule has 0 spiro atoms. The summed E-state index contributed by atoms with van der Waals surface area (Å²) in [5.74, 6) is 3.50. The molecular formula is C35H34N4O2S. The van der Waals surface area contributed by atoms with Gasteiger partial charge in [-0.3, -0.25) is 4.79 Å². The SMILES string of the molecule is C#C[C@H]1CCCN1C(=O)c1cc(-c2ncc([C@](C)(N)Cc3ccccc3)o2)cc(-c2cccc(SC(C)C)c2C#N)c1. The number of hydrogen-bond acceptors (Lipinski definition) is 6. The van der Waals surface area contributed by atoms with Crippen LogP contribution in [0.1, 0.15) is 60.9 Å². The van der Waals surface area contributed by atoms with Gasteiger partial charge in [0.2, 0.25) is 5.89 Å². The molecule has 0 radical (unpaired) electrons. The molecule has 7 heteroatoms. The van der Waals surface area contributed by atoms with Crippen molar-refractivity contribution >= 4 is 17.7 Å². The van der Waals surface area contributed by atoms with Crippen molar-refractivity contribution in [1.82, 2.24) is 9.88 Å². The van der Waals surface area contributed by atoms with E-state index in [0.29, 0.717) is 46.6 Å². The minimum absolute atomic E-state index is 0.149. The van der Waals surface area contributed by atoms with Gasteiger partial charge in [-0.05, 0) is 61.6 Å². The van der Waals surface area contributed by atoms with E-state index in [0.717, 1.165) is 34.4 Å². The summed E-state index contributed by atoms with van der Waals surface area (Å²) in [5, 5.41) is 10.5. The van der Waals surface area contributed by atoms with E-state index in [-0.39, 0.29) is 11.9 Å². The Morgan fingerprint density at radius 2 is 1.95 bits per heavy atom. The largest absolute Gasteiger partial charge is 0.439 e. The van der Waals surface area contributed by atoms with Crippen LogP contribution >= 0.6 is 11.8 Å². The highest BCUT2D eigenvalue weighted by atomic mass is 32.2. The molecule has 0 saturated carbocycles. The smallest absolute Gasteiger partial charge is 0.254 e. The van der Waals surface area contributed by atoms with Crippen molar-refractivity contribution in [2.45, 2.75) is 61.8 Å². The molecule has 6 nitrogen and oxygen atoms in total. The molecule has 1 saturated heterocycles. The van der Waals surface area contributed by atoms with Crippen LogP contribution in [0.3, 0.4) is 0 Å². The number of terminal acetylenes is 1. The zero-order valence-corrected chi connectivity index (χ0v) is 24.9. The van der Waals surface area contributed by atoms with Crippen LogP contribution < -0.4 is 5.73 Å². The number of aromatic nitrogens is 1. The monoisotopic (exact) mass is 574 g/mol. The Hall–Kier alpha value is -4.30. The molecule has 0 aliphatic carbocycles.